The van der Waals surface area contributed by atoms with Gasteiger partial charge in [0.15, 0.2) is 0 Å². The van der Waals surface area contributed by atoms with Gasteiger partial charge >= 0.3 is 12.4 Å². The molecule has 0 amide bonds. The standard InChI is InChI=1S/C7H5F6NO3S/c8-6(9,10)5(7(11,12)13)1-2-14-3-4(5)18(15,16)17/h1-4H,(H,15,16,17). The summed E-state index contributed by atoms with van der Waals surface area (Å²) < 4.78 is 106. The lowest BCUT2D eigenvalue weighted by molar-refractivity contribution is -0.317. The highest BCUT2D eigenvalue weighted by atomic mass is 32.2. The van der Waals surface area contributed by atoms with Crippen molar-refractivity contribution in [3.63, 3.8) is 0 Å². The van der Waals surface area contributed by atoms with E-state index in [1.54, 1.807) is 0 Å². The minimum atomic E-state index is -5.96. The predicted molar refractivity (Wildman–Crippen MR) is 47.5 cm³/mol. The molecular weight excluding hydrogens is 292 g/mol. The molecule has 0 aromatic heterocycles. The summed E-state index contributed by atoms with van der Waals surface area (Å²) in [6.07, 6.45) is -12.3. The van der Waals surface area contributed by atoms with Crippen LogP contribution in [0.3, 0.4) is 0 Å². The third-order valence-electron chi connectivity index (χ3n) is 2.35. The highest BCUT2D eigenvalue weighted by Crippen LogP contribution is 2.55. The fraction of sp³-hybridized carbons (Fsp3) is 0.571. The maximum atomic E-state index is 12.7. The summed E-state index contributed by atoms with van der Waals surface area (Å²) in [5.41, 5.74) is -4.71. The highest BCUT2D eigenvalue weighted by molar-refractivity contribution is 7.87. The van der Waals surface area contributed by atoms with E-state index in [2.05, 4.69) is 4.99 Å². The molecule has 18 heavy (non-hydrogen) atoms. The van der Waals surface area contributed by atoms with Crippen molar-refractivity contribution in [3.05, 3.63) is 12.3 Å². The molecule has 1 rings (SSSR count). The average molecular weight is 297 g/mol. The second-order valence-corrected chi connectivity index (χ2v) is 4.95. The van der Waals surface area contributed by atoms with Crippen LogP contribution in [0.5, 0.6) is 0 Å². The zero-order valence-corrected chi connectivity index (χ0v) is 9.01. The lowest BCUT2D eigenvalue weighted by Gasteiger charge is -2.38. The van der Waals surface area contributed by atoms with Gasteiger partial charge < -0.3 is 0 Å². The number of rotatable bonds is 1. The van der Waals surface area contributed by atoms with E-state index in [0.717, 1.165) is 0 Å². The fourth-order valence-electron chi connectivity index (χ4n) is 1.49. The first-order chi connectivity index (χ1) is 7.84. The summed E-state index contributed by atoms with van der Waals surface area (Å²) in [6, 6.07) is 0. The maximum absolute atomic E-state index is 12.7. The van der Waals surface area contributed by atoms with Crippen molar-refractivity contribution in [2.24, 2.45) is 10.4 Å². The van der Waals surface area contributed by atoms with Gasteiger partial charge in [-0.05, 0) is 6.08 Å². The van der Waals surface area contributed by atoms with Crippen LogP contribution in [0.2, 0.25) is 0 Å². The van der Waals surface area contributed by atoms with Crippen LogP contribution in [0, 0.1) is 5.41 Å². The van der Waals surface area contributed by atoms with E-state index in [1.807, 2.05) is 0 Å². The summed E-state index contributed by atoms with van der Waals surface area (Å²) >= 11 is 0. The van der Waals surface area contributed by atoms with E-state index >= 15 is 0 Å². The molecule has 11 heteroatoms. The molecule has 0 aromatic carbocycles. The number of alkyl halides is 6. The molecule has 1 unspecified atom stereocenters. The van der Waals surface area contributed by atoms with E-state index in [-0.39, 0.29) is 12.4 Å². The van der Waals surface area contributed by atoms with E-state index in [1.165, 1.54) is 0 Å². The van der Waals surface area contributed by atoms with Crippen molar-refractivity contribution in [3.8, 4) is 0 Å². The summed E-state index contributed by atoms with van der Waals surface area (Å²) in [4.78, 5) is 2.90. The van der Waals surface area contributed by atoms with Crippen LogP contribution in [-0.2, 0) is 10.1 Å². The van der Waals surface area contributed by atoms with Gasteiger partial charge in [-0.2, -0.15) is 34.8 Å². The van der Waals surface area contributed by atoms with E-state index < -0.39 is 39.2 Å². The Hall–Kier alpha value is -1.10. The summed E-state index contributed by atoms with van der Waals surface area (Å²) in [5.74, 6) is 0. The highest BCUT2D eigenvalue weighted by Gasteiger charge is 2.75. The Morgan fingerprint density at radius 2 is 1.56 bits per heavy atom. The molecule has 4 nitrogen and oxygen atoms in total. The smallest absolute Gasteiger partial charge is 0.285 e. The Morgan fingerprint density at radius 3 is 1.83 bits per heavy atom. The molecule has 0 bridgehead atoms. The van der Waals surface area contributed by atoms with Crippen molar-refractivity contribution in [2.45, 2.75) is 17.6 Å². The van der Waals surface area contributed by atoms with Gasteiger partial charge in [-0.15, -0.1) is 0 Å². The molecule has 0 saturated heterocycles. The third kappa shape index (κ3) is 2.11. The van der Waals surface area contributed by atoms with E-state index in [0.29, 0.717) is 0 Å². The van der Waals surface area contributed by atoms with Gasteiger partial charge in [-0.1, -0.05) is 0 Å². The SMILES string of the molecule is O=S(=O)(O)C1C=NC=CC1(C(F)(F)F)C(F)(F)F. The molecule has 0 radical (unpaired) electrons. The van der Waals surface area contributed by atoms with Crippen molar-refractivity contribution in [2.75, 3.05) is 0 Å². The first-order valence-corrected chi connectivity index (χ1v) is 5.65. The van der Waals surface area contributed by atoms with Crippen LogP contribution < -0.4 is 0 Å². The van der Waals surface area contributed by atoms with Crippen molar-refractivity contribution < 1.29 is 39.3 Å². The van der Waals surface area contributed by atoms with Crippen molar-refractivity contribution >= 4 is 16.3 Å². The fourth-order valence-corrected chi connectivity index (χ4v) is 2.52. The number of hydrogen-bond acceptors (Lipinski definition) is 3. The zero-order chi connectivity index (χ0) is 14.4. The second kappa shape index (κ2) is 3.95. The first-order valence-electron chi connectivity index (χ1n) is 4.15. The molecule has 0 aromatic rings. The van der Waals surface area contributed by atoms with E-state index in [4.69, 9.17) is 4.55 Å². The van der Waals surface area contributed by atoms with Crippen LogP contribution in [0.25, 0.3) is 0 Å². The van der Waals surface area contributed by atoms with Gasteiger partial charge in [0.1, 0.15) is 5.25 Å². The molecular formula is C7H5F6NO3S. The van der Waals surface area contributed by atoms with Crippen LogP contribution in [0.4, 0.5) is 26.3 Å². The largest absolute Gasteiger partial charge is 0.408 e. The lowest BCUT2D eigenvalue weighted by Crippen LogP contribution is -2.59. The Kier molecular flexibility index (Phi) is 3.28. The number of halogens is 6. The number of aliphatic imine (C=N–C) groups is 1. The maximum Gasteiger partial charge on any atom is 0.408 e. The van der Waals surface area contributed by atoms with E-state index in [9.17, 15) is 34.8 Å². The van der Waals surface area contributed by atoms with Crippen LogP contribution in [0.1, 0.15) is 0 Å². The van der Waals surface area contributed by atoms with Gasteiger partial charge in [-0.25, -0.2) is 0 Å². The first kappa shape index (κ1) is 15.0. The van der Waals surface area contributed by atoms with Gasteiger partial charge in [0, 0.05) is 12.4 Å². The number of allylic oxidation sites excluding steroid dienone is 1. The minimum absolute atomic E-state index is 0.101. The monoisotopic (exact) mass is 297 g/mol. The van der Waals surface area contributed by atoms with Gasteiger partial charge in [0.05, 0.1) is 0 Å². The molecule has 0 fully saturated rings. The lowest BCUT2D eigenvalue weighted by atomic mass is 9.81. The van der Waals surface area contributed by atoms with Gasteiger partial charge in [0.25, 0.3) is 10.1 Å². The Balaban J connectivity index is 3.62. The Morgan fingerprint density at radius 1 is 1.11 bits per heavy atom. The van der Waals surface area contributed by atoms with Gasteiger partial charge in [0.2, 0.25) is 5.41 Å². The third-order valence-corrected chi connectivity index (χ3v) is 3.49. The molecule has 1 aliphatic heterocycles. The zero-order valence-electron chi connectivity index (χ0n) is 8.20. The normalized spacial score (nSPS) is 24.3. The van der Waals surface area contributed by atoms with Crippen molar-refractivity contribution in [1.82, 2.24) is 0 Å². The van der Waals surface area contributed by atoms with Crippen molar-refractivity contribution in [1.29, 1.82) is 0 Å². The molecule has 1 heterocycles. The summed E-state index contributed by atoms with van der Waals surface area (Å²) in [5, 5.41) is -3.27. The Labute approximate surface area is 96.8 Å². The number of nitrogens with zero attached hydrogens (tertiary/aromatic N) is 1. The summed E-state index contributed by atoms with van der Waals surface area (Å²) in [6.45, 7) is 0. The van der Waals surface area contributed by atoms with Crippen LogP contribution in [-0.4, -0.2) is 36.8 Å². The predicted octanol–water partition coefficient (Wildman–Crippen LogP) is 1.95. The molecule has 1 N–H and O–H groups in total. The van der Waals surface area contributed by atoms with Crippen LogP contribution in [0.15, 0.2) is 17.3 Å². The average Bonchev–Trinajstić information content (AvgIpc) is 2.12. The molecule has 0 spiro atoms. The topological polar surface area (TPSA) is 66.7 Å². The molecule has 1 aliphatic rings. The quantitative estimate of drug-likeness (QED) is 0.594. The van der Waals surface area contributed by atoms with Gasteiger partial charge in [-0.3, -0.25) is 9.55 Å². The molecule has 104 valence electrons. The number of hydrogen-bond donors (Lipinski definition) is 1. The van der Waals surface area contributed by atoms with Crippen LogP contribution >= 0.6 is 0 Å². The molecule has 0 saturated carbocycles. The molecule has 1 atom stereocenters. The molecule has 0 aliphatic carbocycles. The Bertz CT molecular complexity index is 474. The minimum Gasteiger partial charge on any atom is -0.285 e. The summed E-state index contributed by atoms with van der Waals surface area (Å²) in [7, 11) is -5.64. The second-order valence-electron chi connectivity index (χ2n) is 3.41.